The van der Waals surface area contributed by atoms with Crippen LogP contribution in [-0.4, -0.2) is 34.9 Å². The summed E-state index contributed by atoms with van der Waals surface area (Å²) in [7, 11) is 0. The smallest absolute Gasteiger partial charge is 0.408 e. The zero-order chi connectivity index (χ0) is 17.8. The molecule has 0 aliphatic heterocycles. The van der Waals surface area contributed by atoms with Gasteiger partial charge in [-0.05, 0) is 39.8 Å². The van der Waals surface area contributed by atoms with Crippen molar-refractivity contribution in [1.82, 2.24) is 5.32 Å². The van der Waals surface area contributed by atoms with E-state index in [-0.39, 0.29) is 11.4 Å². The SMILES string of the molecule is C[C@@H](Oc1cccc(F)c1N)[C@H](NC(=O)OC(C)(C)C)C(=O)O. The van der Waals surface area contributed by atoms with Gasteiger partial charge >= 0.3 is 12.1 Å². The number of amides is 1. The highest BCUT2D eigenvalue weighted by atomic mass is 19.1. The van der Waals surface area contributed by atoms with E-state index in [9.17, 15) is 19.1 Å². The lowest BCUT2D eigenvalue weighted by Crippen LogP contribution is -2.51. The van der Waals surface area contributed by atoms with Crippen LogP contribution in [0.25, 0.3) is 0 Å². The average Bonchev–Trinajstić information content (AvgIpc) is 2.39. The van der Waals surface area contributed by atoms with Crippen molar-refractivity contribution in [3.8, 4) is 5.75 Å². The number of hydrogen-bond acceptors (Lipinski definition) is 5. The molecule has 128 valence electrons. The highest BCUT2D eigenvalue weighted by Gasteiger charge is 2.30. The minimum Gasteiger partial charge on any atom is -0.486 e. The third-order valence-corrected chi connectivity index (χ3v) is 2.73. The van der Waals surface area contributed by atoms with E-state index in [4.69, 9.17) is 15.2 Å². The number of carbonyl (C=O) groups is 2. The van der Waals surface area contributed by atoms with Crippen LogP contribution in [0.3, 0.4) is 0 Å². The number of benzene rings is 1. The second-order valence-corrected chi connectivity index (χ2v) is 5.94. The Morgan fingerprint density at radius 2 is 1.96 bits per heavy atom. The van der Waals surface area contributed by atoms with Gasteiger partial charge in [-0.2, -0.15) is 0 Å². The number of nitrogen functional groups attached to an aromatic ring is 1. The highest BCUT2D eigenvalue weighted by Crippen LogP contribution is 2.25. The van der Waals surface area contributed by atoms with Gasteiger partial charge in [0.05, 0.1) is 0 Å². The Labute approximate surface area is 133 Å². The molecular weight excluding hydrogens is 307 g/mol. The first-order valence-corrected chi connectivity index (χ1v) is 6.94. The molecule has 8 heteroatoms. The number of aliphatic carboxylic acids is 1. The lowest BCUT2D eigenvalue weighted by Gasteiger charge is -2.25. The molecule has 0 unspecified atom stereocenters. The number of para-hydroxylation sites is 1. The van der Waals surface area contributed by atoms with Crippen molar-refractivity contribution in [3.05, 3.63) is 24.0 Å². The molecule has 1 amide bonds. The molecule has 2 atom stereocenters. The summed E-state index contributed by atoms with van der Waals surface area (Å²) in [5.41, 5.74) is 4.52. The molecule has 0 saturated carbocycles. The first kappa shape index (κ1) is 18.5. The van der Waals surface area contributed by atoms with Crippen molar-refractivity contribution in [3.63, 3.8) is 0 Å². The van der Waals surface area contributed by atoms with Crippen LogP contribution in [0.5, 0.6) is 5.75 Å². The fourth-order valence-corrected chi connectivity index (χ4v) is 1.70. The van der Waals surface area contributed by atoms with Crippen LogP contribution in [-0.2, 0) is 9.53 Å². The van der Waals surface area contributed by atoms with Crippen LogP contribution in [0, 0.1) is 5.82 Å². The zero-order valence-corrected chi connectivity index (χ0v) is 13.4. The topological polar surface area (TPSA) is 111 Å². The maximum absolute atomic E-state index is 13.4. The van der Waals surface area contributed by atoms with Crippen molar-refractivity contribution in [1.29, 1.82) is 0 Å². The summed E-state index contributed by atoms with van der Waals surface area (Å²) in [6, 6.07) is 2.54. The Morgan fingerprint density at radius 1 is 1.35 bits per heavy atom. The van der Waals surface area contributed by atoms with Crippen molar-refractivity contribution >= 4 is 17.7 Å². The van der Waals surface area contributed by atoms with Gasteiger partial charge in [-0.1, -0.05) is 6.07 Å². The highest BCUT2D eigenvalue weighted by molar-refractivity contribution is 5.80. The van der Waals surface area contributed by atoms with Crippen LogP contribution < -0.4 is 15.8 Å². The molecule has 1 aromatic carbocycles. The molecule has 7 nitrogen and oxygen atoms in total. The average molecular weight is 328 g/mol. The lowest BCUT2D eigenvalue weighted by molar-refractivity contribution is -0.141. The third-order valence-electron chi connectivity index (χ3n) is 2.73. The van der Waals surface area contributed by atoms with E-state index in [1.807, 2.05) is 0 Å². The van der Waals surface area contributed by atoms with Gasteiger partial charge in [0, 0.05) is 0 Å². The van der Waals surface area contributed by atoms with Crippen LogP contribution >= 0.6 is 0 Å². The largest absolute Gasteiger partial charge is 0.486 e. The van der Waals surface area contributed by atoms with Gasteiger partial charge in [0.15, 0.2) is 6.04 Å². The Hall–Kier alpha value is -2.51. The predicted octanol–water partition coefficient (Wildman–Crippen LogP) is 2.15. The first-order chi connectivity index (χ1) is 10.5. The fraction of sp³-hybridized carbons (Fsp3) is 0.467. The van der Waals surface area contributed by atoms with E-state index in [1.165, 1.54) is 19.1 Å². The summed E-state index contributed by atoms with van der Waals surface area (Å²) in [4.78, 5) is 23.0. The van der Waals surface area contributed by atoms with Crippen LogP contribution in [0.15, 0.2) is 18.2 Å². The van der Waals surface area contributed by atoms with Gasteiger partial charge in [-0.15, -0.1) is 0 Å². The number of nitrogens with one attached hydrogen (secondary N) is 1. The van der Waals surface area contributed by atoms with Gasteiger partial charge < -0.3 is 25.6 Å². The number of carboxylic acids is 1. The molecular formula is C15H21FN2O5. The van der Waals surface area contributed by atoms with E-state index >= 15 is 0 Å². The summed E-state index contributed by atoms with van der Waals surface area (Å²) in [5.74, 6) is -2.00. The summed E-state index contributed by atoms with van der Waals surface area (Å²) < 4.78 is 23.7. The van der Waals surface area contributed by atoms with E-state index < -0.39 is 35.6 Å². The van der Waals surface area contributed by atoms with Gasteiger partial charge in [0.25, 0.3) is 0 Å². The molecule has 0 aliphatic rings. The number of ether oxygens (including phenoxy) is 2. The van der Waals surface area contributed by atoms with Gasteiger partial charge in [0.1, 0.15) is 29.0 Å². The quantitative estimate of drug-likeness (QED) is 0.714. The van der Waals surface area contributed by atoms with Crippen molar-refractivity contribution < 1.29 is 28.6 Å². The second kappa shape index (κ2) is 7.17. The number of hydrogen-bond donors (Lipinski definition) is 3. The Morgan fingerprint density at radius 3 is 2.48 bits per heavy atom. The maximum Gasteiger partial charge on any atom is 0.408 e. The Kier molecular flexibility index (Phi) is 5.78. The monoisotopic (exact) mass is 328 g/mol. The van der Waals surface area contributed by atoms with Crippen molar-refractivity contribution in [2.24, 2.45) is 0 Å². The number of anilines is 1. The number of rotatable bonds is 5. The summed E-state index contributed by atoms with van der Waals surface area (Å²) in [6.07, 6.45) is -1.91. The molecule has 1 aromatic rings. The molecule has 23 heavy (non-hydrogen) atoms. The van der Waals surface area contributed by atoms with Gasteiger partial charge in [-0.3, -0.25) is 0 Å². The predicted molar refractivity (Wildman–Crippen MR) is 81.7 cm³/mol. The van der Waals surface area contributed by atoms with Gasteiger partial charge in [0.2, 0.25) is 0 Å². The molecule has 0 aliphatic carbocycles. The van der Waals surface area contributed by atoms with Crippen LogP contribution in [0.1, 0.15) is 27.7 Å². The Balaban J connectivity index is 2.83. The summed E-state index contributed by atoms with van der Waals surface area (Å²) >= 11 is 0. The Bertz CT molecular complexity index is 586. The maximum atomic E-state index is 13.4. The van der Waals surface area contributed by atoms with Crippen LogP contribution in [0.2, 0.25) is 0 Å². The summed E-state index contributed by atoms with van der Waals surface area (Å²) in [6.45, 7) is 6.36. The molecule has 1 rings (SSSR count). The molecule has 0 aromatic heterocycles. The molecule has 0 spiro atoms. The second-order valence-electron chi connectivity index (χ2n) is 5.94. The van der Waals surface area contributed by atoms with E-state index in [0.717, 1.165) is 6.07 Å². The zero-order valence-electron chi connectivity index (χ0n) is 13.4. The van der Waals surface area contributed by atoms with Crippen LogP contribution in [0.4, 0.5) is 14.9 Å². The number of nitrogens with two attached hydrogens (primary N) is 1. The molecule has 0 saturated heterocycles. The fourth-order valence-electron chi connectivity index (χ4n) is 1.70. The molecule has 0 bridgehead atoms. The summed E-state index contributed by atoms with van der Waals surface area (Å²) in [5, 5.41) is 11.4. The van der Waals surface area contributed by atoms with Crippen molar-refractivity contribution in [2.45, 2.75) is 45.4 Å². The van der Waals surface area contributed by atoms with E-state index in [0.29, 0.717) is 0 Å². The minimum atomic E-state index is -1.40. The molecule has 0 heterocycles. The standard InChI is InChI=1S/C15H21FN2O5/c1-8(22-10-7-5-6-9(16)11(10)17)12(13(19)20)18-14(21)23-15(2,3)4/h5-8,12H,17H2,1-4H3,(H,18,21)(H,19,20)/t8-,12+/m1/s1. The molecule has 4 N–H and O–H groups in total. The molecule has 0 fully saturated rings. The van der Waals surface area contributed by atoms with E-state index in [1.54, 1.807) is 20.8 Å². The third kappa shape index (κ3) is 5.65. The number of halogens is 1. The minimum absolute atomic E-state index is 0.00487. The molecule has 0 radical (unpaired) electrons. The number of carboxylic acid groups (broad SMARTS) is 1. The first-order valence-electron chi connectivity index (χ1n) is 6.94. The normalized spacial score (nSPS) is 13.8. The van der Waals surface area contributed by atoms with Crippen molar-refractivity contribution in [2.75, 3.05) is 5.73 Å². The van der Waals surface area contributed by atoms with E-state index in [2.05, 4.69) is 5.32 Å². The van der Waals surface area contributed by atoms with Gasteiger partial charge in [-0.25, -0.2) is 14.0 Å². The number of carbonyl (C=O) groups excluding carboxylic acids is 1. The number of alkyl carbamates (subject to hydrolysis) is 1. The lowest BCUT2D eigenvalue weighted by atomic mass is 10.1.